The first-order valence-electron chi connectivity index (χ1n) is 9.03. The second-order valence-corrected chi connectivity index (χ2v) is 7.09. The van der Waals surface area contributed by atoms with Gasteiger partial charge < -0.3 is 16.0 Å². The van der Waals surface area contributed by atoms with Crippen molar-refractivity contribution in [3.63, 3.8) is 0 Å². The first-order valence-corrected chi connectivity index (χ1v) is 9.03. The fourth-order valence-corrected chi connectivity index (χ4v) is 3.86. The lowest BCUT2D eigenvalue weighted by molar-refractivity contribution is -0.135. The van der Waals surface area contributed by atoms with Crippen molar-refractivity contribution in [1.29, 1.82) is 0 Å². The van der Waals surface area contributed by atoms with Crippen molar-refractivity contribution in [2.45, 2.75) is 44.6 Å². The van der Waals surface area contributed by atoms with Gasteiger partial charge >= 0.3 is 0 Å². The Labute approximate surface area is 143 Å². The topological polar surface area (TPSA) is 75.4 Å². The van der Waals surface area contributed by atoms with Crippen molar-refractivity contribution < 1.29 is 9.59 Å². The van der Waals surface area contributed by atoms with E-state index in [1.54, 1.807) is 0 Å². The SMILES string of the molecule is N[C@@H]1CCC[C@H]1CC(=O)N1CCCC(C(=O)Nc2ccccc2)C1. The van der Waals surface area contributed by atoms with E-state index in [2.05, 4.69) is 5.32 Å². The summed E-state index contributed by atoms with van der Waals surface area (Å²) in [6, 6.07) is 9.64. The summed E-state index contributed by atoms with van der Waals surface area (Å²) in [4.78, 5) is 26.9. The number of nitrogens with zero attached hydrogens (tertiary/aromatic N) is 1. The van der Waals surface area contributed by atoms with Gasteiger partial charge in [-0.3, -0.25) is 9.59 Å². The Morgan fingerprint density at radius 3 is 2.62 bits per heavy atom. The minimum atomic E-state index is -0.125. The number of nitrogens with one attached hydrogen (secondary N) is 1. The maximum Gasteiger partial charge on any atom is 0.229 e. The molecule has 0 spiro atoms. The van der Waals surface area contributed by atoms with Gasteiger partial charge in [-0.15, -0.1) is 0 Å². The van der Waals surface area contributed by atoms with Crippen molar-refractivity contribution in [2.75, 3.05) is 18.4 Å². The molecule has 1 aromatic rings. The zero-order valence-corrected chi connectivity index (χ0v) is 14.1. The second-order valence-electron chi connectivity index (χ2n) is 7.09. The average Bonchev–Trinajstić information content (AvgIpc) is 3.00. The zero-order valence-electron chi connectivity index (χ0n) is 14.1. The number of hydrogen-bond acceptors (Lipinski definition) is 3. The number of para-hydroxylation sites is 1. The summed E-state index contributed by atoms with van der Waals surface area (Å²) in [7, 11) is 0. The van der Waals surface area contributed by atoms with Crippen LogP contribution in [0, 0.1) is 11.8 Å². The minimum absolute atomic E-state index is 0.0104. The number of anilines is 1. The predicted molar refractivity (Wildman–Crippen MR) is 94.3 cm³/mol. The molecular weight excluding hydrogens is 302 g/mol. The highest BCUT2D eigenvalue weighted by molar-refractivity contribution is 5.93. The molecule has 2 aliphatic rings. The zero-order chi connectivity index (χ0) is 16.9. The smallest absolute Gasteiger partial charge is 0.229 e. The van der Waals surface area contributed by atoms with Crippen molar-refractivity contribution in [1.82, 2.24) is 4.90 Å². The molecule has 1 unspecified atom stereocenters. The Kier molecular flexibility index (Phi) is 5.51. The molecule has 0 aromatic heterocycles. The monoisotopic (exact) mass is 329 g/mol. The van der Waals surface area contributed by atoms with Crippen LogP contribution in [0.5, 0.6) is 0 Å². The van der Waals surface area contributed by atoms with Crippen LogP contribution in [0.3, 0.4) is 0 Å². The van der Waals surface area contributed by atoms with Gasteiger partial charge in [-0.05, 0) is 43.7 Å². The van der Waals surface area contributed by atoms with Crippen LogP contribution in [-0.2, 0) is 9.59 Å². The molecule has 1 saturated carbocycles. The molecule has 3 N–H and O–H groups in total. The van der Waals surface area contributed by atoms with E-state index >= 15 is 0 Å². The van der Waals surface area contributed by atoms with E-state index in [1.165, 1.54) is 0 Å². The van der Waals surface area contributed by atoms with Crippen molar-refractivity contribution in [3.05, 3.63) is 30.3 Å². The van der Waals surface area contributed by atoms with Gasteiger partial charge in [0, 0.05) is 31.2 Å². The number of likely N-dealkylation sites (tertiary alicyclic amines) is 1. The first-order chi connectivity index (χ1) is 11.6. The molecule has 5 nitrogen and oxygen atoms in total. The van der Waals surface area contributed by atoms with Gasteiger partial charge in [0.1, 0.15) is 0 Å². The second kappa shape index (κ2) is 7.79. The summed E-state index contributed by atoms with van der Waals surface area (Å²) >= 11 is 0. The molecule has 2 amide bonds. The van der Waals surface area contributed by atoms with Crippen LogP contribution in [0.1, 0.15) is 38.5 Å². The van der Waals surface area contributed by atoms with E-state index in [4.69, 9.17) is 5.73 Å². The van der Waals surface area contributed by atoms with Gasteiger partial charge in [0.05, 0.1) is 5.92 Å². The van der Waals surface area contributed by atoms with Gasteiger partial charge in [0.2, 0.25) is 11.8 Å². The van der Waals surface area contributed by atoms with Crippen molar-refractivity contribution in [2.24, 2.45) is 17.6 Å². The Balaban J connectivity index is 1.53. The van der Waals surface area contributed by atoms with E-state index in [0.29, 0.717) is 18.9 Å². The number of amides is 2. The van der Waals surface area contributed by atoms with E-state index in [1.807, 2.05) is 35.2 Å². The highest BCUT2D eigenvalue weighted by Gasteiger charge is 2.32. The molecule has 1 saturated heterocycles. The third-order valence-corrected chi connectivity index (χ3v) is 5.34. The molecule has 5 heteroatoms. The molecule has 1 aliphatic carbocycles. The van der Waals surface area contributed by atoms with Crippen LogP contribution in [0.25, 0.3) is 0 Å². The van der Waals surface area contributed by atoms with Crippen LogP contribution >= 0.6 is 0 Å². The Morgan fingerprint density at radius 2 is 1.92 bits per heavy atom. The van der Waals surface area contributed by atoms with Crippen molar-refractivity contribution in [3.8, 4) is 0 Å². The standard InChI is InChI=1S/C19H27N3O2/c20-17-10-4-6-14(17)12-18(23)22-11-5-7-15(13-22)19(24)21-16-8-2-1-3-9-16/h1-3,8-9,14-15,17H,4-7,10-13,20H2,(H,21,24)/t14-,15?,17+/m0/s1. The van der Waals surface area contributed by atoms with Crippen LogP contribution in [0.15, 0.2) is 30.3 Å². The number of piperidine rings is 1. The number of benzene rings is 1. The highest BCUT2D eigenvalue weighted by Crippen LogP contribution is 2.28. The molecule has 3 atom stereocenters. The molecule has 0 bridgehead atoms. The summed E-state index contributed by atoms with van der Waals surface area (Å²) in [5, 5.41) is 2.95. The Morgan fingerprint density at radius 1 is 1.12 bits per heavy atom. The number of nitrogens with two attached hydrogens (primary N) is 1. The van der Waals surface area contributed by atoms with E-state index in [0.717, 1.165) is 44.3 Å². The Hall–Kier alpha value is -1.88. The molecule has 1 aromatic carbocycles. The van der Waals surface area contributed by atoms with Crippen LogP contribution in [-0.4, -0.2) is 35.8 Å². The molecule has 130 valence electrons. The molecular formula is C19H27N3O2. The van der Waals surface area contributed by atoms with Crippen LogP contribution in [0.4, 0.5) is 5.69 Å². The third kappa shape index (κ3) is 4.15. The lowest BCUT2D eigenvalue weighted by Gasteiger charge is -2.33. The number of hydrogen-bond donors (Lipinski definition) is 2. The van der Waals surface area contributed by atoms with E-state index < -0.39 is 0 Å². The van der Waals surface area contributed by atoms with E-state index in [-0.39, 0.29) is 23.8 Å². The summed E-state index contributed by atoms with van der Waals surface area (Å²) in [6.45, 7) is 1.29. The van der Waals surface area contributed by atoms with Gasteiger partial charge in [0.25, 0.3) is 0 Å². The molecule has 3 rings (SSSR count). The average molecular weight is 329 g/mol. The maximum absolute atomic E-state index is 12.6. The number of carbonyl (C=O) groups excluding carboxylic acids is 2. The van der Waals surface area contributed by atoms with Gasteiger partial charge in [-0.25, -0.2) is 0 Å². The summed E-state index contributed by atoms with van der Waals surface area (Å²) in [5.74, 6) is 0.363. The summed E-state index contributed by atoms with van der Waals surface area (Å²) in [5.41, 5.74) is 6.89. The normalized spacial score (nSPS) is 27.0. The molecule has 24 heavy (non-hydrogen) atoms. The highest BCUT2D eigenvalue weighted by atomic mass is 16.2. The van der Waals surface area contributed by atoms with Gasteiger partial charge in [-0.2, -0.15) is 0 Å². The molecule has 0 radical (unpaired) electrons. The fourth-order valence-electron chi connectivity index (χ4n) is 3.86. The van der Waals surface area contributed by atoms with Gasteiger partial charge in [0.15, 0.2) is 0 Å². The van der Waals surface area contributed by atoms with Crippen LogP contribution in [0.2, 0.25) is 0 Å². The largest absolute Gasteiger partial charge is 0.342 e. The number of carbonyl (C=O) groups is 2. The lowest BCUT2D eigenvalue weighted by Crippen LogP contribution is -2.44. The third-order valence-electron chi connectivity index (χ3n) is 5.34. The maximum atomic E-state index is 12.6. The lowest BCUT2D eigenvalue weighted by atomic mass is 9.94. The molecule has 2 fully saturated rings. The quantitative estimate of drug-likeness (QED) is 0.890. The summed E-state index contributed by atoms with van der Waals surface area (Å²) < 4.78 is 0. The fraction of sp³-hybridized carbons (Fsp3) is 0.579. The predicted octanol–water partition coefficient (Wildman–Crippen LogP) is 2.38. The number of rotatable bonds is 4. The molecule has 1 heterocycles. The Bertz CT molecular complexity index is 575. The van der Waals surface area contributed by atoms with Crippen molar-refractivity contribution >= 4 is 17.5 Å². The van der Waals surface area contributed by atoms with E-state index in [9.17, 15) is 9.59 Å². The molecule has 1 aliphatic heterocycles. The van der Waals surface area contributed by atoms with Gasteiger partial charge in [-0.1, -0.05) is 24.6 Å². The first kappa shape index (κ1) is 17.0. The minimum Gasteiger partial charge on any atom is -0.342 e. The van der Waals surface area contributed by atoms with Crippen LogP contribution < -0.4 is 11.1 Å². The summed E-state index contributed by atoms with van der Waals surface area (Å²) in [6.07, 6.45) is 5.47.